The van der Waals surface area contributed by atoms with Gasteiger partial charge in [-0.05, 0) is 42.0 Å². The van der Waals surface area contributed by atoms with E-state index in [1.165, 1.54) is 11.3 Å². The smallest absolute Gasteiger partial charge is 0.119 e. The summed E-state index contributed by atoms with van der Waals surface area (Å²) in [5.41, 5.74) is 3.58. The Morgan fingerprint density at radius 2 is 1.58 bits per heavy atom. The molecule has 0 atom stereocenters. The molecule has 0 radical (unpaired) electrons. The minimum atomic E-state index is 0.819. The molecule has 0 spiro atoms. The minimum absolute atomic E-state index is 0.819. The lowest BCUT2D eigenvalue weighted by Crippen LogP contribution is -2.08. The van der Waals surface area contributed by atoms with Crippen LogP contribution in [0.25, 0.3) is 0 Å². The van der Waals surface area contributed by atoms with E-state index in [0.29, 0.717) is 0 Å². The molecule has 2 aromatic carbocycles. The van der Waals surface area contributed by atoms with E-state index in [1.807, 2.05) is 38.4 Å². The van der Waals surface area contributed by atoms with Gasteiger partial charge >= 0.3 is 0 Å². The van der Waals surface area contributed by atoms with Gasteiger partial charge in [-0.3, -0.25) is 0 Å². The summed E-state index contributed by atoms with van der Waals surface area (Å²) >= 11 is 0. The number of hydrogen-bond acceptors (Lipinski definition) is 3. The van der Waals surface area contributed by atoms with Crippen LogP contribution in [0.2, 0.25) is 0 Å². The van der Waals surface area contributed by atoms with Crippen LogP contribution < -0.4 is 15.0 Å². The van der Waals surface area contributed by atoms with Crippen molar-refractivity contribution in [2.75, 3.05) is 31.4 Å². The maximum atomic E-state index is 5.14. The molecule has 1 N–H and O–H groups in total. The van der Waals surface area contributed by atoms with Crippen molar-refractivity contribution in [1.29, 1.82) is 0 Å². The van der Waals surface area contributed by atoms with Crippen LogP contribution in [0.15, 0.2) is 48.5 Å². The molecule has 0 bridgehead atoms. The first-order valence-corrected chi connectivity index (χ1v) is 6.33. The fourth-order valence-electron chi connectivity index (χ4n) is 1.82. The molecule has 0 aliphatic heterocycles. The van der Waals surface area contributed by atoms with Gasteiger partial charge in [0.05, 0.1) is 7.11 Å². The Morgan fingerprint density at radius 1 is 0.947 bits per heavy atom. The number of rotatable bonds is 5. The number of methoxy groups -OCH3 is 1. The fraction of sp³-hybridized carbons (Fsp3) is 0.250. The molecule has 0 amide bonds. The summed E-state index contributed by atoms with van der Waals surface area (Å²) in [5.74, 6) is 0.876. The van der Waals surface area contributed by atoms with E-state index in [4.69, 9.17) is 4.74 Å². The number of nitrogens with zero attached hydrogens (tertiary/aromatic N) is 1. The molecule has 0 fully saturated rings. The van der Waals surface area contributed by atoms with Crippen LogP contribution in [-0.2, 0) is 6.54 Å². The third-order valence-corrected chi connectivity index (χ3v) is 3.04. The van der Waals surface area contributed by atoms with Gasteiger partial charge in [0.25, 0.3) is 0 Å². The average Bonchev–Trinajstić information content (AvgIpc) is 2.46. The van der Waals surface area contributed by atoms with Gasteiger partial charge in [-0.1, -0.05) is 12.1 Å². The van der Waals surface area contributed by atoms with Crippen molar-refractivity contribution >= 4 is 11.4 Å². The zero-order valence-electron chi connectivity index (χ0n) is 11.7. The molecule has 0 aliphatic carbocycles. The molecule has 3 nitrogen and oxygen atoms in total. The van der Waals surface area contributed by atoms with Crippen LogP contribution in [0, 0.1) is 0 Å². The summed E-state index contributed by atoms with van der Waals surface area (Å²) in [7, 11) is 5.77. The van der Waals surface area contributed by atoms with E-state index in [-0.39, 0.29) is 0 Å². The summed E-state index contributed by atoms with van der Waals surface area (Å²) in [6.07, 6.45) is 0. The Balaban J connectivity index is 1.94. The quantitative estimate of drug-likeness (QED) is 0.887. The number of benzene rings is 2. The first kappa shape index (κ1) is 13.3. The first-order chi connectivity index (χ1) is 9.19. The van der Waals surface area contributed by atoms with Crippen molar-refractivity contribution < 1.29 is 4.74 Å². The normalized spacial score (nSPS) is 10.1. The van der Waals surface area contributed by atoms with Gasteiger partial charge in [0.15, 0.2) is 0 Å². The number of nitrogens with one attached hydrogen (secondary N) is 1. The topological polar surface area (TPSA) is 24.5 Å². The van der Waals surface area contributed by atoms with Crippen molar-refractivity contribution in [3.63, 3.8) is 0 Å². The van der Waals surface area contributed by atoms with Gasteiger partial charge in [0.2, 0.25) is 0 Å². The van der Waals surface area contributed by atoms with Crippen molar-refractivity contribution in [3.05, 3.63) is 54.1 Å². The average molecular weight is 256 g/mol. The molecule has 0 aliphatic rings. The van der Waals surface area contributed by atoms with Crippen molar-refractivity contribution in [3.8, 4) is 5.75 Å². The van der Waals surface area contributed by atoms with Gasteiger partial charge in [-0.15, -0.1) is 0 Å². The third-order valence-electron chi connectivity index (χ3n) is 3.04. The highest BCUT2D eigenvalue weighted by Gasteiger charge is 1.97. The van der Waals surface area contributed by atoms with Gasteiger partial charge in [-0.25, -0.2) is 0 Å². The Labute approximate surface area is 114 Å². The van der Waals surface area contributed by atoms with Crippen LogP contribution in [0.1, 0.15) is 5.56 Å². The third kappa shape index (κ3) is 3.65. The van der Waals surface area contributed by atoms with Gasteiger partial charge in [0.1, 0.15) is 5.75 Å². The molecule has 19 heavy (non-hydrogen) atoms. The monoisotopic (exact) mass is 256 g/mol. The largest absolute Gasteiger partial charge is 0.497 e. The second-order valence-electron chi connectivity index (χ2n) is 4.64. The molecule has 2 rings (SSSR count). The molecule has 3 heteroatoms. The van der Waals surface area contributed by atoms with Crippen LogP contribution in [-0.4, -0.2) is 21.2 Å². The summed E-state index contributed by atoms with van der Waals surface area (Å²) in [6.45, 7) is 0.819. The Hall–Kier alpha value is -2.16. The fourth-order valence-corrected chi connectivity index (χ4v) is 1.82. The molecule has 0 heterocycles. The van der Waals surface area contributed by atoms with Crippen molar-refractivity contribution in [1.82, 2.24) is 0 Å². The van der Waals surface area contributed by atoms with Crippen LogP contribution in [0.5, 0.6) is 5.75 Å². The highest BCUT2D eigenvalue weighted by atomic mass is 16.5. The van der Waals surface area contributed by atoms with E-state index in [2.05, 4.69) is 34.5 Å². The van der Waals surface area contributed by atoms with Gasteiger partial charge in [0, 0.05) is 32.0 Å². The van der Waals surface area contributed by atoms with Crippen molar-refractivity contribution in [2.45, 2.75) is 6.54 Å². The zero-order chi connectivity index (χ0) is 13.7. The predicted octanol–water partition coefficient (Wildman–Crippen LogP) is 3.37. The van der Waals surface area contributed by atoms with E-state index in [0.717, 1.165) is 18.0 Å². The molecule has 2 aromatic rings. The molecule has 0 saturated carbocycles. The van der Waals surface area contributed by atoms with Gasteiger partial charge < -0.3 is 15.0 Å². The van der Waals surface area contributed by atoms with E-state index in [1.54, 1.807) is 7.11 Å². The van der Waals surface area contributed by atoms with Gasteiger partial charge in [-0.2, -0.15) is 0 Å². The maximum Gasteiger partial charge on any atom is 0.119 e. The molecule has 0 unspecified atom stereocenters. The van der Waals surface area contributed by atoms with E-state index >= 15 is 0 Å². The standard InChI is InChI=1S/C16H20N2O/c1-18(2)15-8-4-13(5-9-15)12-17-14-6-10-16(19-3)11-7-14/h4-11,17H,12H2,1-3H3. The van der Waals surface area contributed by atoms with E-state index in [9.17, 15) is 0 Å². The SMILES string of the molecule is COc1ccc(NCc2ccc(N(C)C)cc2)cc1. The highest BCUT2D eigenvalue weighted by Crippen LogP contribution is 2.17. The van der Waals surface area contributed by atoms with Crippen LogP contribution >= 0.6 is 0 Å². The molecule has 100 valence electrons. The lowest BCUT2D eigenvalue weighted by molar-refractivity contribution is 0.415. The summed E-state index contributed by atoms with van der Waals surface area (Å²) in [6, 6.07) is 16.5. The highest BCUT2D eigenvalue weighted by molar-refractivity contribution is 5.49. The number of anilines is 2. The van der Waals surface area contributed by atoms with Crippen LogP contribution in [0.3, 0.4) is 0 Å². The summed E-state index contributed by atoms with van der Waals surface area (Å²) in [5, 5.41) is 3.39. The Morgan fingerprint density at radius 3 is 2.11 bits per heavy atom. The summed E-state index contributed by atoms with van der Waals surface area (Å²) < 4.78 is 5.14. The van der Waals surface area contributed by atoms with Crippen LogP contribution in [0.4, 0.5) is 11.4 Å². The zero-order valence-corrected chi connectivity index (χ0v) is 11.7. The molecule has 0 saturated heterocycles. The molecular weight excluding hydrogens is 236 g/mol. The first-order valence-electron chi connectivity index (χ1n) is 6.33. The van der Waals surface area contributed by atoms with E-state index < -0.39 is 0 Å². The lowest BCUT2D eigenvalue weighted by atomic mass is 10.2. The summed E-state index contributed by atoms with van der Waals surface area (Å²) in [4.78, 5) is 2.10. The second-order valence-corrected chi connectivity index (χ2v) is 4.64. The molecular formula is C16H20N2O. The number of ether oxygens (including phenoxy) is 1. The lowest BCUT2D eigenvalue weighted by Gasteiger charge is -2.13. The molecule has 0 aromatic heterocycles. The Bertz CT molecular complexity index is 503. The number of hydrogen-bond donors (Lipinski definition) is 1. The predicted molar refractivity (Wildman–Crippen MR) is 81.1 cm³/mol. The van der Waals surface area contributed by atoms with Crippen molar-refractivity contribution in [2.24, 2.45) is 0 Å². The maximum absolute atomic E-state index is 5.14. The minimum Gasteiger partial charge on any atom is -0.497 e. The second kappa shape index (κ2) is 6.14. The Kier molecular flexibility index (Phi) is 4.29.